The van der Waals surface area contributed by atoms with Crippen molar-refractivity contribution in [1.29, 1.82) is 0 Å². The maximum absolute atomic E-state index is 5.68. The molecule has 0 bridgehead atoms. The van der Waals surface area contributed by atoms with E-state index in [1.54, 1.807) is 21.3 Å². The molecule has 1 heterocycles. The Hall–Kier alpha value is -1.79. The Balaban J connectivity index is 1.99. The fourth-order valence-electron chi connectivity index (χ4n) is 2.69. The molecule has 1 fully saturated rings. The molecule has 1 saturated heterocycles. The largest absolute Gasteiger partial charge is 0.493 e. The van der Waals surface area contributed by atoms with E-state index < -0.39 is 5.79 Å². The summed E-state index contributed by atoms with van der Waals surface area (Å²) in [4.78, 5) is 4.50. The summed E-state index contributed by atoms with van der Waals surface area (Å²) in [6, 6.07) is 3.75. The molecule has 6 nitrogen and oxygen atoms in total. The van der Waals surface area contributed by atoms with Crippen LogP contribution in [0.5, 0.6) is 17.2 Å². The molecule has 1 unspecified atom stereocenters. The van der Waals surface area contributed by atoms with Gasteiger partial charge in [0.05, 0.1) is 34.5 Å². The molecule has 0 N–H and O–H groups in total. The van der Waals surface area contributed by atoms with E-state index >= 15 is 0 Å². The molecule has 0 spiro atoms. The predicted molar refractivity (Wildman–Crippen MR) is 92.6 cm³/mol. The first-order chi connectivity index (χ1) is 11.5. The molecule has 0 aromatic heterocycles. The van der Waals surface area contributed by atoms with E-state index in [1.807, 2.05) is 25.3 Å². The highest BCUT2D eigenvalue weighted by Crippen LogP contribution is 2.37. The molecule has 6 heteroatoms. The zero-order valence-corrected chi connectivity index (χ0v) is 15.1. The van der Waals surface area contributed by atoms with Crippen LogP contribution in [0.1, 0.15) is 25.8 Å². The molecular weight excluding hydrogens is 310 g/mol. The first kappa shape index (κ1) is 18.5. The molecule has 0 amide bonds. The smallest absolute Gasteiger partial charge is 0.203 e. The summed E-state index contributed by atoms with van der Waals surface area (Å²) in [6.45, 7) is 6.14. The first-order valence-electron chi connectivity index (χ1n) is 8.11. The number of hydrogen-bond donors (Lipinski definition) is 0. The minimum absolute atomic E-state index is 0.275. The average molecular weight is 337 g/mol. The van der Waals surface area contributed by atoms with Crippen LogP contribution in [0.15, 0.2) is 17.1 Å². The number of ether oxygens (including phenoxy) is 5. The van der Waals surface area contributed by atoms with Gasteiger partial charge in [0.25, 0.3) is 0 Å². The van der Waals surface area contributed by atoms with Crippen molar-refractivity contribution in [2.24, 2.45) is 10.9 Å². The van der Waals surface area contributed by atoms with Gasteiger partial charge in [-0.05, 0) is 31.0 Å². The Morgan fingerprint density at radius 1 is 1.12 bits per heavy atom. The van der Waals surface area contributed by atoms with Crippen molar-refractivity contribution < 1.29 is 23.7 Å². The number of hydrogen-bond acceptors (Lipinski definition) is 6. The molecule has 1 aliphatic rings. The fourth-order valence-corrected chi connectivity index (χ4v) is 2.69. The van der Waals surface area contributed by atoms with Gasteiger partial charge in [-0.25, -0.2) is 0 Å². The summed E-state index contributed by atoms with van der Waals surface area (Å²) in [6.07, 6.45) is 2.70. The Kier molecular flexibility index (Phi) is 6.45. The van der Waals surface area contributed by atoms with Crippen molar-refractivity contribution >= 4 is 6.21 Å². The van der Waals surface area contributed by atoms with Crippen LogP contribution in [0, 0.1) is 5.92 Å². The SMILES string of the molecule is COc1cc(C=NCCC(C)C2(C)OCCO2)cc(OC)c1OC. The van der Waals surface area contributed by atoms with E-state index in [9.17, 15) is 0 Å². The van der Waals surface area contributed by atoms with E-state index in [0.29, 0.717) is 37.0 Å². The topological polar surface area (TPSA) is 58.5 Å². The molecule has 134 valence electrons. The van der Waals surface area contributed by atoms with Gasteiger partial charge < -0.3 is 23.7 Å². The molecule has 2 rings (SSSR count). The van der Waals surface area contributed by atoms with Crippen molar-refractivity contribution in [1.82, 2.24) is 0 Å². The zero-order valence-electron chi connectivity index (χ0n) is 15.1. The van der Waals surface area contributed by atoms with E-state index in [4.69, 9.17) is 23.7 Å². The van der Waals surface area contributed by atoms with Crippen LogP contribution in [-0.2, 0) is 9.47 Å². The van der Waals surface area contributed by atoms with Crippen LogP contribution >= 0.6 is 0 Å². The lowest BCUT2D eigenvalue weighted by molar-refractivity contribution is -0.177. The van der Waals surface area contributed by atoms with Crippen LogP contribution in [-0.4, -0.2) is 53.1 Å². The lowest BCUT2D eigenvalue weighted by Crippen LogP contribution is -2.34. The lowest BCUT2D eigenvalue weighted by atomic mass is 9.99. The van der Waals surface area contributed by atoms with E-state index in [2.05, 4.69) is 11.9 Å². The van der Waals surface area contributed by atoms with Gasteiger partial charge in [0.1, 0.15) is 0 Å². The Labute approximate surface area is 143 Å². The van der Waals surface area contributed by atoms with Gasteiger partial charge in [-0.3, -0.25) is 4.99 Å². The van der Waals surface area contributed by atoms with E-state index in [1.165, 1.54) is 0 Å². The molecular formula is C18H27NO5. The maximum atomic E-state index is 5.68. The van der Waals surface area contributed by atoms with Gasteiger partial charge >= 0.3 is 0 Å². The summed E-state index contributed by atoms with van der Waals surface area (Å²) in [7, 11) is 4.79. The maximum Gasteiger partial charge on any atom is 0.203 e. The quantitative estimate of drug-likeness (QED) is 0.683. The Bertz CT molecular complexity index is 542. The fraction of sp³-hybridized carbons (Fsp3) is 0.611. The van der Waals surface area contributed by atoms with Crippen LogP contribution in [0.3, 0.4) is 0 Å². The Morgan fingerprint density at radius 3 is 2.21 bits per heavy atom. The molecule has 24 heavy (non-hydrogen) atoms. The van der Waals surface area contributed by atoms with Crippen molar-refractivity contribution in [3.05, 3.63) is 17.7 Å². The summed E-state index contributed by atoms with van der Waals surface area (Å²) in [5.41, 5.74) is 0.900. The van der Waals surface area contributed by atoms with Gasteiger partial charge in [0, 0.05) is 18.7 Å². The summed E-state index contributed by atoms with van der Waals surface area (Å²) < 4.78 is 27.4. The summed E-state index contributed by atoms with van der Waals surface area (Å²) in [5.74, 6) is 1.60. The number of rotatable bonds is 8. The zero-order chi connectivity index (χ0) is 17.6. The highest BCUT2D eigenvalue weighted by Gasteiger charge is 2.36. The van der Waals surface area contributed by atoms with Crippen LogP contribution < -0.4 is 14.2 Å². The van der Waals surface area contributed by atoms with Gasteiger partial charge in [-0.2, -0.15) is 0 Å². The van der Waals surface area contributed by atoms with Crippen molar-refractivity contribution in [2.45, 2.75) is 26.1 Å². The first-order valence-corrected chi connectivity index (χ1v) is 8.11. The minimum Gasteiger partial charge on any atom is -0.493 e. The molecule has 1 aromatic carbocycles. The molecule has 0 aliphatic carbocycles. The average Bonchev–Trinajstić information content (AvgIpc) is 3.05. The highest BCUT2D eigenvalue weighted by molar-refractivity contribution is 5.82. The third-order valence-corrected chi connectivity index (χ3v) is 4.37. The number of nitrogens with zero attached hydrogens (tertiary/aromatic N) is 1. The molecule has 1 aromatic rings. The van der Waals surface area contributed by atoms with E-state index in [0.717, 1.165) is 12.0 Å². The van der Waals surface area contributed by atoms with Crippen molar-refractivity contribution in [3.63, 3.8) is 0 Å². The number of benzene rings is 1. The molecule has 0 saturated carbocycles. The van der Waals surface area contributed by atoms with Gasteiger partial charge in [-0.1, -0.05) is 6.92 Å². The second-order valence-corrected chi connectivity index (χ2v) is 5.90. The lowest BCUT2D eigenvalue weighted by Gasteiger charge is -2.29. The van der Waals surface area contributed by atoms with Crippen LogP contribution in [0.4, 0.5) is 0 Å². The third-order valence-electron chi connectivity index (χ3n) is 4.37. The van der Waals surface area contributed by atoms with Crippen molar-refractivity contribution in [3.8, 4) is 17.2 Å². The minimum atomic E-state index is -0.484. The Morgan fingerprint density at radius 2 is 1.71 bits per heavy atom. The van der Waals surface area contributed by atoms with Crippen LogP contribution in [0.2, 0.25) is 0 Å². The molecule has 1 aliphatic heterocycles. The van der Waals surface area contributed by atoms with E-state index in [-0.39, 0.29) is 5.92 Å². The van der Waals surface area contributed by atoms with Crippen molar-refractivity contribution in [2.75, 3.05) is 41.1 Å². The summed E-state index contributed by atoms with van der Waals surface area (Å²) >= 11 is 0. The molecule has 0 radical (unpaired) electrons. The van der Waals surface area contributed by atoms with Gasteiger partial charge in [0.15, 0.2) is 17.3 Å². The monoisotopic (exact) mass is 337 g/mol. The number of aliphatic imine (C=N–C) groups is 1. The summed E-state index contributed by atoms with van der Waals surface area (Å²) in [5, 5.41) is 0. The van der Waals surface area contributed by atoms with Crippen LogP contribution in [0.25, 0.3) is 0 Å². The van der Waals surface area contributed by atoms with Gasteiger partial charge in [0.2, 0.25) is 5.75 Å². The standard InChI is InChI=1S/C18H27NO5/c1-13(18(2)23-8-9-24-18)6-7-19-12-14-10-15(20-3)17(22-5)16(11-14)21-4/h10-13H,6-9H2,1-5H3. The number of methoxy groups -OCH3 is 3. The normalized spacial score (nSPS) is 17.9. The highest BCUT2D eigenvalue weighted by atomic mass is 16.7. The predicted octanol–water partition coefficient (Wildman–Crippen LogP) is 2.92. The molecule has 1 atom stereocenters. The second-order valence-electron chi connectivity index (χ2n) is 5.90. The third kappa shape index (κ3) is 4.19. The van der Waals surface area contributed by atoms with Gasteiger partial charge in [-0.15, -0.1) is 0 Å². The second kappa shape index (κ2) is 8.35.